The van der Waals surface area contributed by atoms with Gasteiger partial charge in [0.25, 0.3) is 0 Å². The average molecular weight is 330 g/mol. The molecule has 0 saturated carbocycles. The number of halogens is 1. The summed E-state index contributed by atoms with van der Waals surface area (Å²) in [6.45, 7) is 1.07. The molecule has 122 valence electrons. The first-order chi connectivity index (χ1) is 10.4. The lowest BCUT2D eigenvalue weighted by Crippen LogP contribution is -2.40. The number of carbonyl (C=O) groups excluding carboxylic acids is 1. The molecule has 0 radical (unpaired) electrons. The van der Waals surface area contributed by atoms with E-state index in [0.29, 0.717) is 13.1 Å². The smallest absolute Gasteiger partial charge is 0.317 e. The van der Waals surface area contributed by atoms with E-state index in [1.807, 2.05) is 0 Å². The normalized spacial score (nSPS) is 18.5. The molecule has 2 rings (SSSR count). The standard InChI is InChI=1S/C14H19FN2O4S/c15-12-1-3-13(4-2-12)22(20,21)8-6-16-14(19)17-7-5-11(9-17)10-18/h1-4,11,18H,5-10H2,(H,16,19)/t11-/m1/s1. The number of benzene rings is 1. The summed E-state index contributed by atoms with van der Waals surface area (Å²) in [4.78, 5) is 13.5. The van der Waals surface area contributed by atoms with Crippen molar-refractivity contribution in [2.24, 2.45) is 5.92 Å². The van der Waals surface area contributed by atoms with Crippen LogP contribution in [0.5, 0.6) is 0 Å². The fourth-order valence-corrected chi connectivity index (χ4v) is 3.49. The number of carbonyl (C=O) groups is 1. The maximum Gasteiger partial charge on any atom is 0.317 e. The van der Waals surface area contributed by atoms with Crippen molar-refractivity contribution in [1.29, 1.82) is 0 Å². The van der Waals surface area contributed by atoms with Crippen molar-refractivity contribution in [3.63, 3.8) is 0 Å². The second kappa shape index (κ2) is 7.06. The number of sulfone groups is 1. The van der Waals surface area contributed by atoms with Crippen LogP contribution in [-0.4, -0.2) is 56.4 Å². The van der Waals surface area contributed by atoms with Crippen molar-refractivity contribution >= 4 is 15.9 Å². The second-order valence-corrected chi connectivity index (χ2v) is 7.40. The number of amides is 2. The Bertz CT molecular complexity index is 618. The zero-order valence-corrected chi connectivity index (χ0v) is 12.9. The Morgan fingerprint density at radius 3 is 2.64 bits per heavy atom. The number of nitrogens with one attached hydrogen (secondary N) is 1. The maximum atomic E-state index is 12.8. The minimum absolute atomic E-state index is 0.0150. The highest BCUT2D eigenvalue weighted by atomic mass is 32.2. The van der Waals surface area contributed by atoms with E-state index in [9.17, 15) is 17.6 Å². The van der Waals surface area contributed by atoms with Crippen LogP contribution in [0.25, 0.3) is 0 Å². The van der Waals surface area contributed by atoms with Crippen LogP contribution in [0.15, 0.2) is 29.2 Å². The molecule has 1 aromatic rings. The summed E-state index contributed by atoms with van der Waals surface area (Å²) in [7, 11) is -3.55. The van der Waals surface area contributed by atoms with Crippen LogP contribution >= 0.6 is 0 Å². The molecular weight excluding hydrogens is 311 g/mol. The number of hydrogen-bond donors (Lipinski definition) is 2. The Labute approximate surface area is 128 Å². The van der Waals surface area contributed by atoms with Crippen LogP contribution in [0.3, 0.4) is 0 Å². The van der Waals surface area contributed by atoms with Gasteiger partial charge in [-0.25, -0.2) is 17.6 Å². The predicted molar refractivity (Wildman–Crippen MR) is 78.6 cm³/mol. The molecule has 1 aliphatic rings. The zero-order chi connectivity index (χ0) is 16.2. The SMILES string of the molecule is O=C(NCCS(=O)(=O)c1ccc(F)cc1)N1CC[C@@H](CO)C1. The lowest BCUT2D eigenvalue weighted by molar-refractivity contribution is 0.199. The summed E-state index contributed by atoms with van der Waals surface area (Å²) < 4.78 is 36.8. The molecule has 1 saturated heterocycles. The highest BCUT2D eigenvalue weighted by Crippen LogP contribution is 2.15. The minimum atomic E-state index is -3.55. The second-order valence-electron chi connectivity index (χ2n) is 5.29. The summed E-state index contributed by atoms with van der Waals surface area (Å²) in [6, 6.07) is 4.26. The van der Waals surface area contributed by atoms with Crippen LogP contribution < -0.4 is 5.32 Å². The minimum Gasteiger partial charge on any atom is -0.396 e. The number of nitrogens with zero attached hydrogens (tertiary/aromatic N) is 1. The van der Waals surface area contributed by atoms with Gasteiger partial charge in [0.15, 0.2) is 9.84 Å². The highest BCUT2D eigenvalue weighted by Gasteiger charge is 2.25. The highest BCUT2D eigenvalue weighted by molar-refractivity contribution is 7.91. The lowest BCUT2D eigenvalue weighted by Gasteiger charge is -2.17. The number of aliphatic hydroxyl groups excluding tert-OH is 1. The van der Waals surface area contributed by atoms with Gasteiger partial charge in [-0.15, -0.1) is 0 Å². The third-order valence-electron chi connectivity index (χ3n) is 3.65. The summed E-state index contributed by atoms with van der Waals surface area (Å²) in [5, 5.41) is 11.6. The number of urea groups is 1. The summed E-state index contributed by atoms with van der Waals surface area (Å²) in [5.74, 6) is -0.657. The molecule has 1 atom stereocenters. The third kappa shape index (κ3) is 4.17. The zero-order valence-electron chi connectivity index (χ0n) is 12.0. The van der Waals surface area contributed by atoms with E-state index in [1.165, 1.54) is 12.1 Å². The van der Waals surface area contributed by atoms with Gasteiger partial charge in [0.05, 0.1) is 10.6 Å². The molecule has 1 fully saturated rings. The van der Waals surface area contributed by atoms with Gasteiger partial charge in [-0.1, -0.05) is 0 Å². The predicted octanol–water partition coefficient (Wildman–Crippen LogP) is 0.623. The molecule has 6 nitrogen and oxygen atoms in total. The first kappa shape index (κ1) is 16.7. The molecule has 22 heavy (non-hydrogen) atoms. The Morgan fingerprint density at radius 1 is 1.36 bits per heavy atom. The van der Waals surface area contributed by atoms with Crippen molar-refractivity contribution < 1.29 is 22.7 Å². The van der Waals surface area contributed by atoms with Crippen molar-refractivity contribution in [3.05, 3.63) is 30.1 Å². The van der Waals surface area contributed by atoms with Gasteiger partial charge in [-0.3, -0.25) is 0 Å². The third-order valence-corrected chi connectivity index (χ3v) is 5.38. The summed E-state index contributed by atoms with van der Waals surface area (Å²) in [6.07, 6.45) is 0.748. The van der Waals surface area contributed by atoms with Crippen LogP contribution in [0.4, 0.5) is 9.18 Å². The average Bonchev–Trinajstić information content (AvgIpc) is 2.96. The monoisotopic (exact) mass is 330 g/mol. The van der Waals surface area contributed by atoms with Gasteiger partial charge >= 0.3 is 6.03 Å². The van der Waals surface area contributed by atoms with Crippen molar-refractivity contribution in [2.75, 3.05) is 32.0 Å². The maximum absolute atomic E-state index is 12.8. The van der Waals surface area contributed by atoms with E-state index in [4.69, 9.17) is 5.11 Å². The number of aliphatic hydroxyl groups is 1. The number of hydrogen-bond acceptors (Lipinski definition) is 4. The first-order valence-electron chi connectivity index (χ1n) is 7.04. The molecule has 0 aromatic heterocycles. The van der Waals surface area contributed by atoms with E-state index in [1.54, 1.807) is 4.90 Å². The van der Waals surface area contributed by atoms with E-state index in [-0.39, 0.29) is 35.7 Å². The molecule has 2 amide bonds. The van der Waals surface area contributed by atoms with Gasteiger partial charge in [-0.2, -0.15) is 0 Å². The molecule has 1 aliphatic heterocycles. The van der Waals surface area contributed by atoms with Gasteiger partial charge in [0.2, 0.25) is 0 Å². The topological polar surface area (TPSA) is 86.7 Å². The molecular formula is C14H19FN2O4S. The first-order valence-corrected chi connectivity index (χ1v) is 8.69. The number of likely N-dealkylation sites (tertiary alicyclic amines) is 1. The fourth-order valence-electron chi connectivity index (χ4n) is 2.33. The Balaban J connectivity index is 1.83. The molecule has 0 bridgehead atoms. The van der Waals surface area contributed by atoms with Gasteiger partial charge in [-0.05, 0) is 30.7 Å². The largest absolute Gasteiger partial charge is 0.396 e. The molecule has 0 aliphatic carbocycles. The summed E-state index contributed by atoms with van der Waals surface area (Å²) >= 11 is 0. The van der Waals surface area contributed by atoms with Crippen molar-refractivity contribution in [1.82, 2.24) is 10.2 Å². The van der Waals surface area contributed by atoms with Crippen molar-refractivity contribution in [2.45, 2.75) is 11.3 Å². The Hall–Kier alpha value is -1.67. The Morgan fingerprint density at radius 2 is 2.05 bits per heavy atom. The van der Waals surface area contributed by atoms with Gasteiger partial charge in [0.1, 0.15) is 5.82 Å². The van der Waals surface area contributed by atoms with E-state index in [0.717, 1.165) is 18.6 Å². The Kier molecular flexibility index (Phi) is 5.36. The summed E-state index contributed by atoms with van der Waals surface area (Å²) in [5.41, 5.74) is 0. The van der Waals surface area contributed by atoms with E-state index in [2.05, 4.69) is 5.32 Å². The van der Waals surface area contributed by atoms with Crippen LogP contribution in [-0.2, 0) is 9.84 Å². The lowest BCUT2D eigenvalue weighted by atomic mass is 10.1. The van der Waals surface area contributed by atoms with E-state index < -0.39 is 15.7 Å². The molecule has 2 N–H and O–H groups in total. The molecule has 0 spiro atoms. The van der Waals surface area contributed by atoms with Crippen LogP contribution in [0.2, 0.25) is 0 Å². The molecule has 1 aromatic carbocycles. The number of rotatable bonds is 5. The van der Waals surface area contributed by atoms with Gasteiger partial charge < -0.3 is 15.3 Å². The van der Waals surface area contributed by atoms with Crippen LogP contribution in [0, 0.1) is 11.7 Å². The van der Waals surface area contributed by atoms with Crippen LogP contribution in [0.1, 0.15) is 6.42 Å². The van der Waals surface area contributed by atoms with Crippen molar-refractivity contribution in [3.8, 4) is 0 Å². The fraction of sp³-hybridized carbons (Fsp3) is 0.500. The molecule has 1 heterocycles. The van der Waals surface area contributed by atoms with Gasteiger partial charge in [0, 0.05) is 32.2 Å². The molecule has 0 unspecified atom stereocenters. The molecule has 8 heteroatoms. The van der Waals surface area contributed by atoms with E-state index >= 15 is 0 Å². The quantitative estimate of drug-likeness (QED) is 0.775.